The summed E-state index contributed by atoms with van der Waals surface area (Å²) in [6, 6.07) is 23.4. The van der Waals surface area contributed by atoms with Crippen molar-refractivity contribution in [1.29, 1.82) is 0 Å². The van der Waals surface area contributed by atoms with Gasteiger partial charge in [0.15, 0.2) is 0 Å². The van der Waals surface area contributed by atoms with Gasteiger partial charge in [-0.25, -0.2) is 9.98 Å². The fraction of sp³-hybridized carbons (Fsp3) is 0. The second-order valence-corrected chi connectivity index (χ2v) is 5.31. The largest absolute Gasteiger partial charge is 0.463 e. The molecule has 2 heterocycles. The third kappa shape index (κ3) is 3.35. The predicted molar refractivity (Wildman–Crippen MR) is 96.7 cm³/mol. The lowest BCUT2D eigenvalue weighted by Crippen LogP contribution is -1.97. The van der Waals surface area contributed by atoms with Crippen molar-refractivity contribution in [1.82, 2.24) is 15.2 Å². The quantitative estimate of drug-likeness (QED) is 0.516. The van der Waals surface area contributed by atoms with Crippen molar-refractivity contribution in [2.75, 3.05) is 0 Å². The molecule has 2 aromatic heterocycles. The minimum atomic E-state index is 0.287. The molecule has 0 aliphatic carbocycles. The Balaban J connectivity index is 1.80. The van der Waals surface area contributed by atoms with Gasteiger partial charge in [0.05, 0.1) is 12.5 Å². The fourth-order valence-electron chi connectivity index (χ4n) is 2.45. The summed E-state index contributed by atoms with van der Waals surface area (Å²) < 4.78 is 5.24. The number of aliphatic imine (C=N–C) groups is 1. The van der Waals surface area contributed by atoms with Crippen molar-refractivity contribution >= 4 is 12.2 Å². The normalized spacial score (nSPS) is 11.0. The van der Waals surface area contributed by atoms with Crippen molar-refractivity contribution in [3.05, 3.63) is 84.8 Å². The molecule has 5 heteroatoms. The Bertz CT molecular complexity index is 981. The van der Waals surface area contributed by atoms with Gasteiger partial charge in [0, 0.05) is 11.1 Å². The highest BCUT2D eigenvalue weighted by Gasteiger charge is 2.12. The molecule has 0 fully saturated rings. The van der Waals surface area contributed by atoms with Crippen molar-refractivity contribution in [3.8, 4) is 22.5 Å². The van der Waals surface area contributed by atoms with Crippen molar-refractivity contribution < 1.29 is 4.42 Å². The van der Waals surface area contributed by atoms with E-state index in [1.54, 1.807) is 18.5 Å². The Hall–Kier alpha value is -3.60. The van der Waals surface area contributed by atoms with Crippen LogP contribution in [0, 0.1) is 0 Å². The molecule has 0 N–H and O–H groups in total. The van der Waals surface area contributed by atoms with E-state index >= 15 is 0 Å². The molecule has 5 nitrogen and oxygen atoms in total. The molecule has 0 saturated carbocycles. The molecular weight excluding hydrogens is 312 g/mol. The Labute approximate surface area is 144 Å². The average molecular weight is 326 g/mol. The summed E-state index contributed by atoms with van der Waals surface area (Å²) in [5.41, 5.74) is 3.39. The first kappa shape index (κ1) is 15.0. The standard InChI is InChI=1S/C20H14N4O/c1-3-8-15(9-4-1)18-19(16-10-5-2-6-11-16)23-24-20(22-18)21-14-17-12-7-13-25-17/h1-14H/b21-14+. The molecule has 120 valence electrons. The van der Waals surface area contributed by atoms with Gasteiger partial charge in [-0.15, -0.1) is 10.2 Å². The Morgan fingerprint density at radius 2 is 1.40 bits per heavy atom. The number of aromatic nitrogens is 3. The minimum absolute atomic E-state index is 0.287. The van der Waals surface area contributed by atoms with E-state index < -0.39 is 0 Å². The topological polar surface area (TPSA) is 64.2 Å². The van der Waals surface area contributed by atoms with Gasteiger partial charge in [0.25, 0.3) is 5.95 Å². The summed E-state index contributed by atoms with van der Waals surface area (Å²) in [7, 11) is 0. The van der Waals surface area contributed by atoms with Gasteiger partial charge in [-0.05, 0) is 12.1 Å². The van der Waals surface area contributed by atoms with Crippen molar-refractivity contribution in [2.45, 2.75) is 0 Å². The molecule has 0 aliphatic heterocycles. The van der Waals surface area contributed by atoms with Crippen LogP contribution in [-0.2, 0) is 0 Å². The zero-order valence-corrected chi connectivity index (χ0v) is 13.3. The molecule has 25 heavy (non-hydrogen) atoms. The number of hydrogen-bond donors (Lipinski definition) is 0. The number of nitrogens with zero attached hydrogens (tertiary/aromatic N) is 4. The average Bonchev–Trinajstić information content (AvgIpc) is 3.21. The lowest BCUT2D eigenvalue weighted by Gasteiger charge is -2.07. The van der Waals surface area contributed by atoms with E-state index in [1.165, 1.54) is 0 Å². The number of furan rings is 1. The van der Waals surface area contributed by atoms with Crippen LogP contribution in [0.1, 0.15) is 5.76 Å². The van der Waals surface area contributed by atoms with E-state index in [1.807, 2.05) is 66.7 Å². The summed E-state index contributed by atoms with van der Waals surface area (Å²) in [5, 5.41) is 8.51. The minimum Gasteiger partial charge on any atom is -0.463 e. The first-order valence-electron chi connectivity index (χ1n) is 7.83. The van der Waals surface area contributed by atoms with Gasteiger partial charge >= 0.3 is 0 Å². The molecule has 4 aromatic rings. The third-order valence-corrected chi connectivity index (χ3v) is 3.62. The Kier molecular flexibility index (Phi) is 4.12. The highest BCUT2D eigenvalue weighted by Crippen LogP contribution is 2.29. The fourth-order valence-corrected chi connectivity index (χ4v) is 2.45. The van der Waals surface area contributed by atoms with Crippen molar-refractivity contribution in [3.63, 3.8) is 0 Å². The van der Waals surface area contributed by atoms with Gasteiger partial charge in [-0.3, -0.25) is 0 Å². The second-order valence-electron chi connectivity index (χ2n) is 5.31. The summed E-state index contributed by atoms with van der Waals surface area (Å²) in [6.45, 7) is 0. The first-order valence-corrected chi connectivity index (χ1v) is 7.83. The summed E-state index contributed by atoms with van der Waals surface area (Å²) in [5.74, 6) is 0.923. The molecule has 0 spiro atoms. The predicted octanol–water partition coefficient (Wildman–Crippen LogP) is 4.55. The van der Waals surface area contributed by atoms with Crippen LogP contribution < -0.4 is 0 Å². The van der Waals surface area contributed by atoms with Crippen LogP contribution >= 0.6 is 0 Å². The van der Waals surface area contributed by atoms with Crippen LogP contribution in [0.2, 0.25) is 0 Å². The molecular formula is C20H14N4O. The van der Waals surface area contributed by atoms with E-state index in [0.29, 0.717) is 5.76 Å². The monoisotopic (exact) mass is 326 g/mol. The van der Waals surface area contributed by atoms with Gasteiger partial charge < -0.3 is 4.42 Å². The van der Waals surface area contributed by atoms with E-state index in [-0.39, 0.29) is 5.95 Å². The molecule has 0 radical (unpaired) electrons. The molecule has 0 amide bonds. The maximum Gasteiger partial charge on any atom is 0.269 e. The summed E-state index contributed by atoms with van der Waals surface area (Å²) >= 11 is 0. The number of benzene rings is 2. The molecule has 4 rings (SSSR count). The van der Waals surface area contributed by atoms with Crippen LogP contribution in [-0.4, -0.2) is 21.4 Å². The molecule has 0 unspecified atom stereocenters. The SMILES string of the molecule is C(=N\c1nnc(-c2ccccc2)c(-c2ccccc2)n1)/c1ccco1. The zero-order valence-electron chi connectivity index (χ0n) is 13.3. The van der Waals surface area contributed by atoms with Gasteiger partial charge in [0.2, 0.25) is 0 Å². The van der Waals surface area contributed by atoms with Crippen LogP contribution in [0.15, 0.2) is 88.5 Å². The number of rotatable bonds is 4. The lowest BCUT2D eigenvalue weighted by molar-refractivity contribution is 0.560. The maximum absolute atomic E-state index is 5.24. The Morgan fingerprint density at radius 1 is 0.720 bits per heavy atom. The summed E-state index contributed by atoms with van der Waals surface area (Å²) in [4.78, 5) is 8.87. The zero-order chi connectivity index (χ0) is 16.9. The van der Waals surface area contributed by atoms with Gasteiger partial charge in [-0.2, -0.15) is 0 Å². The van der Waals surface area contributed by atoms with Gasteiger partial charge in [-0.1, -0.05) is 60.7 Å². The third-order valence-electron chi connectivity index (χ3n) is 3.62. The highest BCUT2D eigenvalue weighted by atomic mass is 16.3. The smallest absolute Gasteiger partial charge is 0.269 e. The number of hydrogen-bond acceptors (Lipinski definition) is 5. The van der Waals surface area contributed by atoms with Gasteiger partial charge in [0.1, 0.15) is 17.1 Å². The van der Waals surface area contributed by atoms with Crippen molar-refractivity contribution in [2.24, 2.45) is 4.99 Å². The lowest BCUT2D eigenvalue weighted by atomic mass is 10.0. The molecule has 0 bridgehead atoms. The van der Waals surface area contributed by atoms with Crippen LogP contribution in [0.25, 0.3) is 22.5 Å². The first-order chi connectivity index (χ1) is 12.4. The highest BCUT2D eigenvalue weighted by molar-refractivity contribution is 5.80. The van der Waals surface area contributed by atoms with E-state index in [4.69, 9.17) is 4.42 Å². The molecule has 0 atom stereocenters. The van der Waals surface area contributed by atoms with E-state index in [0.717, 1.165) is 22.5 Å². The Morgan fingerprint density at radius 3 is 2.04 bits per heavy atom. The second kappa shape index (κ2) is 6.88. The van der Waals surface area contributed by atoms with Crippen LogP contribution in [0.4, 0.5) is 5.95 Å². The van der Waals surface area contributed by atoms with Crippen LogP contribution in [0.5, 0.6) is 0 Å². The van der Waals surface area contributed by atoms with Crippen LogP contribution in [0.3, 0.4) is 0 Å². The van der Waals surface area contributed by atoms with E-state index in [9.17, 15) is 0 Å². The summed E-state index contributed by atoms with van der Waals surface area (Å²) in [6.07, 6.45) is 3.17. The van der Waals surface area contributed by atoms with E-state index in [2.05, 4.69) is 20.2 Å². The molecule has 2 aromatic carbocycles. The molecule has 0 aliphatic rings. The maximum atomic E-state index is 5.24. The molecule has 0 saturated heterocycles.